The van der Waals surface area contributed by atoms with Crippen molar-refractivity contribution in [2.45, 2.75) is 19.4 Å². The molecule has 0 saturated carbocycles. The Morgan fingerprint density at radius 2 is 2.25 bits per heavy atom. The van der Waals surface area contributed by atoms with Gasteiger partial charge in [-0.05, 0) is 18.1 Å². The van der Waals surface area contributed by atoms with E-state index in [-0.39, 0.29) is 6.10 Å². The van der Waals surface area contributed by atoms with Crippen LogP contribution >= 0.6 is 0 Å². The highest BCUT2D eigenvalue weighted by atomic mass is 16.3. The lowest BCUT2D eigenvalue weighted by Gasteiger charge is -2.26. The van der Waals surface area contributed by atoms with Crippen LogP contribution in [0.25, 0.3) is 0 Å². The van der Waals surface area contributed by atoms with E-state index in [0.717, 1.165) is 26.1 Å². The van der Waals surface area contributed by atoms with Gasteiger partial charge in [0.1, 0.15) is 0 Å². The van der Waals surface area contributed by atoms with Crippen LogP contribution in [0.3, 0.4) is 0 Å². The minimum absolute atomic E-state index is 0.271. The second-order valence-electron chi connectivity index (χ2n) is 4.29. The zero-order valence-electron chi connectivity index (χ0n) is 9.82. The van der Waals surface area contributed by atoms with Crippen molar-refractivity contribution in [3.8, 4) is 0 Å². The number of nitrogens with zero attached hydrogens (tertiary/aromatic N) is 1. The van der Waals surface area contributed by atoms with Crippen LogP contribution < -0.4 is 10.2 Å². The summed E-state index contributed by atoms with van der Waals surface area (Å²) in [6.45, 7) is 5.50. The molecule has 1 fully saturated rings. The SMILES string of the molecule is CCc1ccccc1N1CCNCC(O)C1. The number of anilines is 1. The van der Waals surface area contributed by atoms with Gasteiger partial charge in [0.05, 0.1) is 6.10 Å². The van der Waals surface area contributed by atoms with E-state index in [4.69, 9.17) is 0 Å². The predicted octanol–water partition coefficient (Wildman–Crippen LogP) is 1.02. The van der Waals surface area contributed by atoms with E-state index < -0.39 is 0 Å². The number of aliphatic hydroxyl groups is 1. The van der Waals surface area contributed by atoms with Gasteiger partial charge in [0.2, 0.25) is 0 Å². The van der Waals surface area contributed by atoms with Crippen molar-refractivity contribution in [2.75, 3.05) is 31.1 Å². The minimum atomic E-state index is -0.271. The molecule has 1 saturated heterocycles. The number of hydrogen-bond donors (Lipinski definition) is 2. The second-order valence-corrected chi connectivity index (χ2v) is 4.29. The van der Waals surface area contributed by atoms with E-state index in [2.05, 4.69) is 41.4 Å². The second kappa shape index (κ2) is 5.32. The van der Waals surface area contributed by atoms with Crippen molar-refractivity contribution in [2.24, 2.45) is 0 Å². The van der Waals surface area contributed by atoms with Gasteiger partial charge in [-0.25, -0.2) is 0 Å². The average molecular weight is 220 g/mol. The molecule has 3 heteroatoms. The fourth-order valence-corrected chi connectivity index (χ4v) is 2.23. The first-order chi connectivity index (χ1) is 7.81. The van der Waals surface area contributed by atoms with Gasteiger partial charge in [0, 0.05) is 31.9 Å². The van der Waals surface area contributed by atoms with E-state index in [1.54, 1.807) is 0 Å². The Bertz CT molecular complexity index is 340. The Labute approximate surface area is 97.1 Å². The molecule has 3 nitrogen and oxygen atoms in total. The van der Waals surface area contributed by atoms with Crippen LogP contribution in [0, 0.1) is 0 Å². The highest BCUT2D eigenvalue weighted by Crippen LogP contribution is 2.21. The van der Waals surface area contributed by atoms with Crippen LogP contribution in [0.5, 0.6) is 0 Å². The molecule has 0 aliphatic carbocycles. The molecule has 16 heavy (non-hydrogen) atoms. The maximum atomic E-state index is 9.78. The molecule has 1 aromatic rings. The number of aryl methyl sites for hydroxylation is 1. The summed E-state index contributed by atoms with van der Waals surface area (Å²) in [7, 11) is 0. The van der Waals surface area contributed by atoms with Gasteiger partial charge in [-0.15, -0.1) is 0 Å². The molecule has 1 aliphatic heterocycles. The lowest BCUT2D eigenvalue weighted by Crippen LogP contribution is -2.33. The molecule has 1 aromatic carbocycles. The van der Waals surface area contributed by atoms with Gasteiger partial charge in [-0.1, -0.05) is 25.1 Å². The van der Waals surface area contributed by atoms with Crippen molar-refractivity contribution in [1.29, 1.82) is 0 Å². The molecule has 1 atom stereocenters. The number of nitrogens with one attached hydrogen (secondary N) is 1. The fourth-order valence-electron chi connectivity index (χ4n) is 2.23. The largest absolute Gasteiger partial charge is 0.390 e. The first-order valence-corrected chi connectivity index (χ1v) is 6.03. The van der Waals surface area contributed by atoms with E-state index >= 15 is 0 Å². The van der Waals surface area contributed by atoms with Gasteiger partial charge >= 0.3 is 0 Å². The molecule has 1 heterocycles. The molecule has 88 valence electrons. The third-order valence-corrected chi connectivity index (χ3v) is 3.08. The summed E-state index contributed by atoms with van der Waals surface area (Å²) < 4.78 is 0. The highest BCUT2D eigenvalue weighted by Gasteiger charge is 2.17. The molecule has 0 amide bonds. The van der Waals surface area contributed by atoms with E-state index in [1.165, 1.54) is 11.3 Å². The predicted molar refractivity (Wildman–Crippen MR) is 66.9 cm³/mol. The standard InChI is InChI=1S/C13H20N2O/c1-2-11-5-3-4-6-13(11)15-8-7-14-9-12(16)10-15/h3-6,12,14,16H,2,7-10H2,1H3. The van der Waals surface area contributed by atoms with E-state index in [1.807, 2.05) is 0 Å². The van der Waals surface area contributed by atoms with Crippen molar-refractivity contribution in [3.05, 3.63) is 29.8 Å². The molecular formula is C13H20N2O. The van der Waals surface area contributed by atoms with E-state index in [9.17, 15) is 5.11 Å². The average Bonchev–Trinajstić information content (AvgIpc) is 2.54. The molecule has 1 unspecified atom stereocenters. The normalized spacial score (nSPS) is 21.9. The van der Waals surface area contributed by atoms with Crippen LogP contribution in [0.2, 0.25) is 0 Å². The van der Waals surface area contributed by atoms with Gasteiger partial charge < -0.3 is 15.3 Å². The number of rotatable bonds is 2. The number of aliphatic hydroxyl groups excluding tert-OH is 1. The number of hydrogen-bond acceptors (Lipinski definition) is 3. The third kappa shape index (κ3) is 2.54. The quantitative estimate of drug-likeness (QED) is 0.781. The topological polar surface area (TPSA) is 35.5 Å². The lowest BCUT2D eigenvalue weighted by molar-refractivity contribution is 0.185. The summed E-state index contributed by atoms with van der Waals surface area (Å²) >= 11 is 0. The maximum Gasteiger partial charge on any atom is 0.0839 e. The van der Waals surface area contributed by atoms with Gasteiger partial charge in [-0.3, -0.25) is 0 Å². The van der Waals surface area contributed by atoms with Gasteiger partial charge in [0.25, 0.3) is 0 Å². The van der Waals surface area contributed by atoms with E-state index in [0.29, 0.717) is 6.54 Å². The minimum Gasteiger partial charge on any atom is -0.390 e. The summed E-state index contributed by atoms with van der Waals surface area (Å²) in [5, 5.41) is 13.0. The molecule has 0 bridgehead atoms. The first-order valence-electron chi connectivity index (χ1n) is 6.03. The lowest BCUT2D eigenvalue weighted by atomic mass is 10.1. The number of para-hydroxylation sites is 1. The Morgan fingerprint density at radius 1 is 1.44 bits per heavy atom. The smallest absolute Gasteiger partial charge is 0.0839 e. The van der Waals surface area contributed by atoms with Crippen molar-refractivity contribution < 1.29 is 5.11 Å². The van der Waals surface area contributed by atoms with Crippen LogP contribution in [0.15, 0.2) is 24.3 Å². The van der Waals surface area contributed by atoms with Crippen LogP contribution in [-0.2, 0) is 6.42 Å². The first kappa shape index (κ1) is 11.4. The zero-order valence-corrected chi connectivity index (χ0v) is 9.82. The molecular weight excluding hydrogens is 200 g/mol. The Balaban J connectivity index is 2.20. The van der Waals surface area contributed by atoms with Gasteiger partial charge in [0.15, 0.2) is 0 Å². The summed E-state index contributed by atoms with van der Waals surface area (Å²) in [5.74, 6) is 0. The molecule has 0 spiro atoms. The number of β-amino-alcohol motifs (C(OH)–C–C–N with tert-alkyl or cyclic N) is 1. The molecule has 0 radical (unpaired) electrons. The Hall–Kier alpha value is -1.06. The fraction of sp³-hybridized carbons (Fsp3) is 0.538. The van der Waals surface area contributed by atoms with Crippen LogP contribution in [0.1, 0.15) is 12.5 Å². The number of benzene rings is 1. The van der Waals surface area contributed by atoms with Crippen LogP contribution in [0.4, 0.5) is 5.69 Å². The molecule has 1 aliphatic rings. The summed E-state index contributed by atoms with van der Waals surface area (Å²) in [6, 6.07) is 8.46. The summed E-state index contributed by atoms with van der Waals surface area (Å²) in [4.78, 5) is 2.28. The monoisotopic (exact) mass is 220 g/mol. The van der Waals surface area contributed by atoms with Crippen LogP contribution in [-0.4, -0.2) is 37.4 Å². The van der Waals surface area contributed by atoms with Gasteiger partial charge in [-0.2, -0.15) is 0 Å². The summed E-state index contributed by atoms with van der Waals surface area (Å²) in [6.07, 6.45) is 0.767. The summed E-state index contributed by atoms with van der Waals surface area (Å²) in [5.41, 5.74) is 2.63. The third-order valence-electron chi connectivity index (χ3n) is 3.08. The Morgan fingerprint density at radius 3 is 3.06 bits per heavy atom. The highest BCUT2D eigenvalue weighted by molar-refractivity contribution is 5.54. The Kier molecular flexibility index (Phi) is 3.80. The molecule has 2 rings (SSSR count). The van der Waals surface area contributed by atoms with Crippen molar-refractivity contribution >= 4 is 5.69 Å². The van der Waals surface area contributed by atoms with Crippen molar-refractivity contribution in [3.63, 3.8) is 0 Å². The van der Waals surface area contributed by atoms with Crippen molar-refractivity contribution in [1.82, 2.24) is 5.32 Å². The maximum absolute atomic E-state index is 9.78. The molecule has 2 N–H and O–H groups in total. The zero-order chi connectivity index (χ0) is 11.4. The molecule has 0 aromatic heterocycles.